The molecule has 4 N–H and O–H groups in total. The lowest BCUT2D eigenvalue weighted by Crippen LogP contribution is -2.35. The van der Waals surface area contributed by atoms with E-state index in [0.717, 1.165) is 5.56 Å². The van der Waals surface area contributed by atoms with Crippen molar-refractivity contribution in [3.05, 3.63) is 23.8 Å². The second-order valence-electron chi connectivity index (χ2n) is 4.23. The van der Waals surface area contributed by atoms with Crippen molar-refractivity contribution in [3.63, 3.8) is 0 Å². The van der Waals surface area contributed by atoms with Gasteiger partial charge in [0, 0.05) is 0 Å². The molecule has 2 unspecified atom stereocenters. The molecule has 18 heavy (non-hydrogen) atoms. The summed E-state index contributed by atoms with van der Waals surface area (Å²) in [5, 5.41) is 11.4. The Kier molecular flexibility index (Phi) is 3.20. The van der Waals surface area contributed by atoms with Gasteiger partial charge in [0.2, 0.25) is 0 Å². The Morgan fingerprint density at radius 2 is 2.33 bits per heavy atom. The first-order valence-corrected chi connectivity index (χ1v) is 5.56. The quantitative estimate of drug-likeness (QED) is 0.719. The molecule has 1 aliphatic rings. The van der Waals surface area contributed by atoms with Gasteiger partial charge in [-0.05, 0) is 31.0 Å². The van der Waals surface area contributed by atoms with Gasteiger partial charge in [0.05, 0.1) is 5.69 Å². The van der Waals surface area contributed by atoms with Crippen molar-refractivity contribution < 1.29 is 19.4 Å². The molecular formula is C12H14N2O4. The summed E-state index contributed by atoms with van der Waals surface area (Å²) in [5.74, 6) is -0.696. The minimum atomic E-state index is -1.05. The van der Waals surface area contributed by atoms with Crippen molar-refractivity contribution in [2.45, 2.75) is 25.5 Å². The van der Waals surface area contributed by atoms with Crippen LogP contribution in [0.1, 0.15) is 12.5 Å². The van der Waals surface area contributed by atoms with E-state index in [1.165, 1.54) is 0 Å². The molecule has 1 heterocycles. The van der Waals surface area contributed by atoms with Crippen LogP contribution in [0, 0.1) is 0 Å². The summed E-state index contributed by atoms with van der Waals surface area (Å²) in [6.07, 6.45) is -0.321. The number of benzene rings is 1. The summed E-state index contributed by atoms with van der Waals surface area (Å²) in [5.41, 5.74) is 6.74. The predicted octanol–water partition coefficient (Wildman–Crippen LogP) is 0.360. The molecule has 0 radical (unpaired) electrons. The molecule has 0 saturated heterocycles. The first kappa shape index (κ1) is 12.4. The van der Waals surface area contributed by atoms with Gasteiger partial charge in [0.25, 0.3) is 5.91 Å². The molecule has 1 aromatic carbocycles. The maximum atomic E-state index is 11.4. The zero-order valence-electron chi connectivity index (χ0n) is 9.84. The van der Waals surface area contributed by atoms with Crippen molar-refractivity contribution in [2.24, 2.45) is 5.73 Å². The maximum Gasteiger partial charge on any atom is 0.320 e. The lowest BCUT2D eigenvalue weighted by atomic mass is 10.0. The van der Waals surface area contributed by atoms with Gasteiger partial charge in [-0.3, -0.25) is 9.59 Å². The molecule has 6 nitrogen and oxygen atoms in total. The Balaban J connectivity index is 2.20. The first-order valence-electron chi connectivity index (χ1n) is 5.56. The number of rotatable bonds is 3. The fraction of sp³-hybridized carbons (Fsp3) is 0.333. The number of aliphatic carboxylic acids is 1. The number of carboxylic acid groups (broad SMARTS) is 1. The standard InChI is InChI=1S/C12H14N2O4/c1-6-11(15)14-9-5-7(2-3-10(9)18-6)4-8(13)12(16)17/h2-3,5-6,8H,4,13H2,1H3,(H,14,15)(H,16,17). The Hall–Kier alpha value is -2.08. The van der Waals surface area contributed by atoms with E-state index in [0.29, 0.717) is 11.4 Å². The molecule has 1 aromatic rings. The highest BCUT2D eigenvalue weighted by Crippen LogP contribution is 2.30. The van der Waals surface area contributed by atoms with Crippen LogP contribution in [0.25, 0.3) is 0 Å². The van der Waals surface area contributed by atoms with Crippen LogP contribution in [-0.4, -0.2) is 29.1 Å². The van der Waals surface area contributed by atoms with Crippen LogP contribution in [0.15, 0.2) is 18.2 Å². The van der Waals surface area contributed by atoms with Crippen LogP contribution < -0.4 is 15.8 Å². The van der Waals surface area contributed by atoms with E-state index in [2.05, 4.69) is 5.32 Å². The van der Waals surface area contributed by atoms with E-state index in [4.69, 9.17) is 15.6 Å². The number of nitrogens with two attached hydrogens (primary N) is 1. The van der Waals surface area contributed by atoms with Gasteiger partial charge in [-0.25, -0.2) is 0 Å². The van der Waals surface area contributed by atoms with Crippen LogP contribution in [-0.2, 0) is 16.0 Å². The normalized spacial score (nSPS) is 19.4. The number of nitrogens with one attached hydrogen (secondary N) is 1. The van der Waals surface area contributed by atoms with E-state index >= 15 is 0 Å². The van der Waals surface area contributed by atoms with Crippen LogP contribution in [0.4, 0.5) is 5.69 Å². The van der Waals surface area contributed by atoms with E-state index in [9.17, 15) is 9.59 Å². The second kappa shape index (κ2) is 4.66. The van der Waals surface area contributed by atoms with E-state index in [-0.39, 0.29) is 12.3 Å². The molecular weight excluding hydrogens is 236 g/mol. The first-order chi connectivity index (χ1) is 8.47. The van der Waals surface area contributed by atoms with Crippen LogP contribution >= 0.6 is 0 Å². The van der Waals surface area contributed by atoms with Gasteiger partial charge >= 0.3 is 5.97 Å². The van der Waals surface area contributed by atoms with Crippen LogP contribution in [0.3, 0.4) is 0 Å². The predicted molar refractivity (Wildman–Crippen MR) is 64.5 cm³/mol. The number of hydrogen-bond acceptors (Lipinski definition) is 4. The number of fused-ring (bicyclic) bond motifs is 1. The average molecular weight is 250 g/mol. The third-order valence-electron chi connectivity index (χ3n) is 2.75. The zero-order valence-corrected chi connectivity index (χ0v) is 9.84. The molecule has 0 saturated carbocycles. The van der Waals surface area contributed by atoms with Gasteiger partial charge in [-0.2, -0.15) is 0 Å². The van der Waals surface area contributed by atoms with Gasteiger partial charge in [0.15, 0.2) is 6.10 Å². The van der Waals surface area contributed by atoms with Crippen molar-refractivity contribution in [1.82, 2.24) is 0 Å². The van der Waals surface area contributed by atoms with E-state index in [1.807, 2.05) is 0 Å². The second-order valence-corrected chi connectivity index (χ2v) is 4.23. The van der Waals surface area contributed by atoms with Crippen LogP contribution in [0.2, 0.25) is 0 Å². The van der Waals surface area contributed by atoms with Gasteiger partial charge in [-0.15, -0.1) is 0 Å². The number of carboxylic acids is 1. The highest BCUT2D eigenvalue weighted by Gasteiger charge is 2.24. The molecule has 0 bridgehead atoms. The number of amides is 1. The Bertz CT molecular complexity index is 501. The summed E-state index contributed by atoms with van der Waals surface area (Å²) in [7, 11) is 0. The zero-order chi connectivity index (χ0) is 13.3. The average Bonchev–Trinajstić information content (AvgIpc) is 2.31. The number of carbonyl (C=O) groups excluding carboxylic acids is 1. The molecule has 1 amide bonds. The number of ether oxygens (including phenoxy) is 1. The molecule has 96 valence electrons. The third-order valence-corrected chi connectivity index (χ3v) is 2.75. The molecule has 0 aliphatic carbocycles. The molecule has 2 atom stereocenters. The minimum absolute atomic E-state index is 0.202. The molecule has 0 spiro atoms. The SMILES string of the molecule is CC1Oc2ccc(CC(N)C(=O)O)cc2NC1=O. The fourth-order valence-corrected chi connectivity index (χ4v) is 1.72. The molecule has 1 aliphatic heterocycles. The summed E-state index contributed by atoms with van der Waals surface area (Å²) in [4.78, 5) is 22.1. The maximum absolute atomic E-state index is 11.4. The van der Waals surface area contributed by atoms with Crippen molar-refractivity contribution >= 4 is 17.6 Å². The summed E-state index contributed by atoms with van der Waals surface area (Å²) in [6.45, 7) is 1.66. The topological polar surface area (TPSA) is 102 Å². The largest absolute Gasteiger partial charge is 0.480 e. The lowest BCUT2D eigenvalue weighted by Gasteiger charge is -2.23. The number of anilines is 1. The van der Waals surface area contributed by atoms with Crippen molar-refractivity contribution in [3.8, 4) is 5.75 Å². The van der Waals surface area contributed by atoms with Crippen molar-refractivity contribution in [1.29, 1.82) is 0 Å². The lowest BCUT2D eigenvalue weighted by molar-refractivity contribution is -0.138. The smallest absolute Gasteiger partial charge is 0.320 e. The van der Waals surface area contributed by atoms with E-state index < -0.39 is 18.1 Å². The summed E-state index contributed by atoms with van der Waals surface area (Å²) in [6, 6.07) is 4.17. The van der Waals surface area contributed by atoms with Gasteiger partial charge in [0.1, 0.15) is 11.8 Å². The highest BCUT2D eigenvalue weighted by atomic mass is 16.5. The molecule has 0 fully saturated rings. The summed E-state index contributed by atoms with van der Waals surface area (Å²) < 4.78 is 5.39. The van der Waals surface area contributed by atoms with E-state index in [1.54, 1.807) is 25.1 Å². The highest BCUT2D eigenvalue weighted by molar-refractivity contribution is 5.97. The third kappa shape index (κ3) is 2.43. The molecule has 6 heteroatoms. The van der Waals surface area contributed by atoms with Gasteiger partial charge in [-0.1, -0.05) is 6.07 Å². The van der Waals surface area contributed by atoms with Crippen LogP contribution in [0.5, 0.6) is 5.75 Å². The van der Waals surface area contributed by atoms with Crippen molar-refractivity contribution in [2.75, 3.05) is 5.32 Å². The monoisotopic (exact) mass is 250 g/mol. The Morgan fingerprint density at radius 1 is 1.61 bits per heavy atom. The Labute approximate surface area is 104 Å². The van der Waals surface area contributed by atoms with Gasteiger partial charge < -0.3 is 20.9 Å². The number of hydrogen-bond donors (Lipinski definition) is 3. The summed E-state index contributed by atoms with van der Waals surface area (Å²) >= 11 is 0. The molecule has 0 aromatic heterocycles. The fourth-order valence-electron chi connectivity index (χ4n) is 1.72. The minimum Gasteiger partial charge on any atom is -0.480 e. The number of carbonyl (C=O) groups is 2. The molecule has 2 rings (SSSR count). The Morgan fingerprint density at radius 3 is 3.00 bits per heavy atom.